The molecule has 2 aromatic rings. The van der Waals surface area contributed by atoms with Gasteiger partial charge in [0.25, 0.3) is 0 Å². The molecule has 0 radical (unpaired) electrons. The van der Waals surface area contributed by atoms with Gasteiger partial charge < -0.3 is 9.30 Å². The Hall–Kier alpha value is -0.650. The third-order valence-corrected chi connectivity index (χ3v) is 4.07. The number of fused-ring (bicyclic) bond motifs is 1. The molecule has 1 aromatic heterocycles. The predicted octanol–water partition coefficient (Wildman–Crippen LogP) is 4.49. The number of hydrogen-bond donors (Lipinski definition) is 0. The van der Waals surface area contributed by atoms with Gasteiger partial charge in [0.1, 0.15) is 11.6 Å². The van der Waals surface area contributed by atoms with Gasteiger partial charge in [0.2, 0.25) is 0 Å². The first-order valence-electron chi connectivity index (χ1n) is 6.56. The Bertz CT molecular complexity index is 588. The van der Waals surface area contributed by atoms with Crippen molar-refractivity contribution in [1.82, 2.24) is 9.55 Å². The molecular weight excluding hydrogens is 347 g/mol. The number of rotatable bonds is 7. The molecule has 6 heteroatoms. The van der Waals surface area contributed by atoms with E-state index < -0.39 is 0 Å². The summed E-state index contributed by atoms with van der Waals surface area (Å²) in [5.74, 6) is 0.830. The number of ether oxygens (including phenoxy) is 1. The summed E-state index contributed by atoms with van der Waals surface area (Å²) in [5, 5.41) is 0. The van der Waals surface area contributed by atoms with E-state index in [0.717, 1.165) is 49.3 Å². The average molecular weight is 364 g/mol. The van der Waals surface area contributed by atoms with Crippen LogP contribution in [0.25, 0.3) is 11.0 Å². The lowest BCUT2D eigenvalue weighted by atomic mass is 10.2. The number of alkyl halides is 1. The van der Waals surface area contributed by atoms with Crippen LogP contribution in [0.2, 0.25) is 0 Å². The van der Waals surface area contributed by atoms with Gasteiger partial charge in [-0.15, -0.1) is 11.6 Å². The zero-order valence-corrected chi connectivity index (χ0v) is 13.7. The minimum atomic E-state index is -0.279. The molecule has 1 heterocycles. The Morgan fingerprint density at radius 1 is 1.35 bits per heavy atom. The van der Waals surface area contributed by atoms with Crippen LogP contribution >= 0.6 is 27.5 Å². The zero-order chi connectivity index (χ0) is 14.5. The molecule has 0 saturated heterocycles. The van der Waals surface area contributed by atoms with E-state index in [-0.39, 0.29) is 5.82 Å². The van der Waals surface area contributed by atoms with Gasteiger partial charge in [0, 0.05) is 26.3 Å². The van der Waals surface area contributed by atoms with Crippen LogP contribution in [0.3, 0.4) is 0 Å². The third kappa shape index (κ3) is 3.51. The maximum absolute atomic E-state index is 13.7. The van der Waals surface area contributed by atoms with Crippen molar-refractivity contribution in [2.45, 2.75) is 31.7 Å². The van der Waals surface area contributed by atoms with E-state index in [2.05, 4.69) is 20.9 Å². The highest BCUT2D eigenvalue weighted by Crippen LogP contribution is 2.25. The lowest BCUT2D eigenvalue weighted by Gasteiger charge is -2.08. The Balaban J connectivity index is 2.19. The molecule has 20 heavy (non-hydrogen) atoms. The number of aryl methyl sites for hydroxylation is 1. The fourth-order valence-corrected chi connectivity index (χ4v) is 2.75. The number of aromatic nitrogens is 2. The van der Waals surface area contributed by atoms with Crippen LogP contribution in [0.1, 0.15) is 25.1 Å². The van der Waals surface area contributed by atoms with Crippen LogP contribution in [-0.4, -0.2) is 23.3 Å². The van der Waals surface area contributed by atoms with Gasteiger partial charge >= 0.3 is 0 Å². The number of methoxy groups -OCH3 is 1. The largest absolute Gasteiger partial charge is 0.385 e. The summed E-state index contributed by atoms with van der Waals surface area (Å²) in [6.45, 7) is 1.57. The lowest BCUT2D eigenvalue weighted by Crippen LogP contribution is -2.03. The van der Waals surface area contributed by atoms with Crippen molar-refractivity contribution in [2.24, 2.45) is 0 Å². The van der Waals surface area contributed by atoms with Crippen molar-refractivity contribution in [3.63, 3.8) is 0 Å². The fraction of sp³-hybridized carbons (Fsp3) is 0.500. The molecule has 2 rings (SSSR count). The van der Waals surface area contributed by atoms with Crippen molar-refractivity contribution < 1.29 is 9.13 Å². The standard InChI is InChI=1S/C14H17BrClFN2O/c1-20-6-4-2-3-5-19-13-8-11(17)10(15)7-12(13)18-14(19)9-16/h7-8H,2-6,9H2,1H3. The summed E-state index contributed by atoms with van der Waals surface area (Å²) >= 11 is 9.12. The number of benzene rings is 1. The third-order valence-electron chi connectivity index (χ3n) is 3.22. The van der Waals surface area contributed by atoms with E-state index in [1.165, 1.54) is 6.07 Å². The second-order valence-corrected chi connectivity index (χ2v) is 5.74. The van der Waals surface area contributed by atoms with Crippen LogP contribution in [-0.2, 0) is 17.2 Å². The van der Waals surface area contributed by atoms with Gasteiger partial charge in [-0.25, -0.2) is 9.37 Å². The molecule has 0 fully saturated rings. The average Bonchev–Trinajstić information content (AvgIpc) is 2.76. The maximum atomic E-state index is 13.7. The summed E-state index contributed by atoms with van der Waals surface area (Å²) in [4.78, 5) is 4.46. The van der Waals surface area contributed by atoms with Crippen LogP contribution in [0.15, 0.2) is 16.6 Å². The zero-order valence-electron chi connectivity index (χ0n) is 11.3. The lowest BCUT2D eigenvalue weighted by molar-refractivity contribution is 0.191. The number of nitrogens with zero attached hydrogens (tertiary/aromatic N) is 2. The molecule has 0 atom stereocenters. The Morgan fingerprint density at radius 2 is 2.15 bits per heavy atom. The van der Waals surface area contributed by atoms with Crippen LogP contribution in [0.4, 0.5) is 4.39 Å². The molecule has 0 saturated carbocycles. The molecule has 3 nitrogen and oxygen atoms in total. The van der Waals surface area contributed by atoms with Crippen LogP contribution in [0.5, 0.6) is 0 Å². The van der Waals surface area contributed by atoms with E-state index in [9.17, 15) is 4.39 Å². The predicted molar refractivity (Wildman–Crippen MR) is 82.7 cm³/mol. The van der Waals surface area contributed by atoms with E-state index in [1.807, 2.05) is 4.57 Å². The van der Waals surface area contributed by atoms with Gasteiger partial charge in [0.15, 0.2) is 0 Å². The SMILES string of the molecule is COCCCCCn1c(CCl)nc2cc(Br)c(F)cc21. The molecule has 0 N–H and O–H groups in total. The van der Waals surface area contributed by atoms with E-state index in [0.29, 0.717) is 10.4 Å². The first-order chi connectivity index (χ1) is 9.67. The molecular formula is C14H17BrClFN2O. The summed E-state index contributed by atoms with van der Waals surface area (Å²) in [6.07, 6.45) is 3.09. The topological polar surface area (TPSA) is 27.1 Å². The molecule has 0 aliphatic carbocycles. The van der Waals surface area contributed by atoms with E-state index >= 15 is 0 Å². The smallest absolute Gasteiger partial charge is 0.139 e. The molecule has 0 unspecified atom stereocenters. The quantitative estimate of drug-likeness (QED) is 0.535. The summed E-state index contributed by atoms with van der Waals surface area (Å²) < 4.78 is 21.2. The van der Waals surface area contributed by atoms with Gasteiger partial charge in [-0.1, -0.05) is 0 Å². The minimum absolute atomic E-state index is 0.279. The number of hydrogen-bond acceptors (Lipinski definition) is 2. The second-order valence-electron chi connectivity index (χ2n) is 4.62. The Morgan fingerprint density at radius 3 is 2.85 bits per heavy atom. The summed E-state index contributed by atoms with van der Waals surface area (Å²) in [6, 6.07) is 3.21. The maximum Gasteiger partial charge on any atom is 0.139 e. The van der Waals surface area contributed by atoms with Gasteiger partial charge in [-0.05, 0) is 41.3 Å². The molecule has 0 spiro atoms. The monoisotopic (exact) mass is 362 g/mol. The summed E-state index contributed by atoms with van der Waals surface area (Å²) in [7, 11) is 1.70. The normalized spacial score (nSPS) is 11.4. The number of imidazole rings is 1. The van der Waals surface area contributed by atoms with E-state index in [4.69, 9.17) is 16.3 Å². The highest BCUT2D eigenvalue weighted by Gasteiger charge is 2.12. The fourth-order valence-electron chi connectivity index (χ4n) is 2.21. The molecule has 0 amide bonds. The van der Waals surface area contributed by atoms with Crippen LogP contribution in [0, 0.1) is 5.82 Å². The molecule has 0 aliphatic heterocycles. The van der Waals surface area contributed by atoms with Crippen molar-refractivity contribution >= 4 is 38.6 Å². The molecule has 0 bridgehead atoms. The first-order valence-corrected chi connectivity index (χ1v) is 7.89. The first kappa shape index (κ1) is 15.7. The highest BCUT2D eigenvalue weighted by molar-refractivity contribution is 9.10. The number of halogens is 3. The van der Waals surface area contributed by atoms with Crippen molar-refractivity contribution in [3.8, 4) is 0 Å². The van der Waals surface area contributed by atoms with Crippen LogP contribution < -0.4 is 0 Å². The van der Waals surface area contributed by atoms with Gasteiger partial charge in [-0.2, -0.15) is 0 Å². The van der Waals surface area contributed by atoms with Crippen molar-refractivity contribution in [1.29, 1.82) is 0 Å². The number of unbranched alkanes of at least 4 members (excludes halogenated alkanes) is 2. The molecule has 110 valence electrons. The Kier molecular flexibility index (Phi) is 5.81. The second kappa shape index (κ2) is 7.38. The van der Waals surface area contributed by atoms with Gasteiger partial charge in [-0.3, -0.25) is 0 Å². The molecule has 1 aromatic carbocycles. The summed E-state index contributed by atoms with van der Waals surface area (Å²) in [5.41, 5.74) is 1.57. The molecule has 0 aliphatic rings. The van der Waals surface area contributed by atoms with Crippen molar-refractivity contribution in [3.05, 3.63) is 28.2 Å². The highest BCUT2D eigenvalue weighted by atomic mass is 79.9. The minimum Gasteiger partial charge on any atom is -0.385 e. The van der Waals surface area contributed by atoms with Crippen molar-refractivity contribution in [2.75, 3.05) is 13.7 Å². The van der Waals surface area contributed by atoms with E-state index in [1.54, 1.807) is 13.2 Å². The van der Waals surface area contributed by atoms with Gasteiger partial charge in [0.05, 0.1) is 21.4 Å². The Labute approximate surface area is 131 Å².